The number of aliphatic hydroxyl groups excluding tert-OH is 1. The summed E-state index contributed by atoms with van der Waals surface area (Å²) < 4.78 is 0.865. The van der Waals surface area contributed by atoms with E-state index in [1.807, 2.05) is 19.9 Å². The van der Waals surface area contributed by atoms with Gasteiger partial charge in [-0.15, -0.1) is 23.1 Å². The fourth-order valence-corrected chi connectivity index (χ4v) is 4.44. The third-order valence-corrected chi connectivity index (χ3v) is 6.25. The molecule has 0 radical (unpaired) electrons. The second-order valence-corrected chi connectivity index (χ2v) is 8.71. The molecule has 2 unspecified atom stereocenters. The third kappa shape index (κ3) is 9.19. The average molecular weight is 441 g/mol. The fourth-order valence-electron chi connectivity index (χ4n) is 2.34. The highest BCUT2D eigenvalue weighted by Crippen LogP contribution is 2.31. The van der Waals surface area contributed by atoms with Crippen molar-refractivity contribution in [3.63, 3.8) is 0 Å². The lowest BCUT2D eigenvalue weighted by Gasteiger charge is -2.20. The van der Waals surface area contributed by atoms with Crippen LogP contribution < -0.4 is 10.6 Å². The molecule has 29 heavy (non-hydrogen) atoms. The molecule has 0 fully saturated rings. The number of amides is 2. The van der Waals surface area contributed by atoms with Gasteiger partial charge in [-0.2, -0.15) is 0 Å². The predicted molar refractivity (Wildman–Crippen MR) is 117 cm³/mol. The van der Waals surface area contributed by atoms with Gasteiger partial charge in [-0.1, -0.05) is 31.9 Å². The number of hydrogen-bond acceptors (Lipinski definition) is 6. The first-order chi connectivity index (χ1) is 13.8. The van der Waals surface area contributed by atoms with Crippen molar-refractivity contribution in [2.75, 3.05) is 5.75 Å². The molecule has 1 aromatic heterocycles. The molecule has 0 aromatic carbocycles. The minimum absolute atomic E-state index is 0.149. The van der Waals surface area contributed by atoms with Gasteiger partial charge in [0.2, 0.25) is 11.8 Å². The average Bonchev–Trinajstić information content (AvgIpc) is 3.14. The van der Waals surface area contributed by atoms with E-state index in [0.29, 0.717) is 17.7 Å². The van der Waals surface area contributed by atoms with Crippen LogP contribution in [0, 0.1) is 0 Å². The zero-order chi connectivity index (χ0) is 21.8. The number of thioether (sulfide) groups is 1. The normalized spacial score (nSPS) is 13.8. The number of nitrogens with one attached hydrogen (secondary N) is 2. The van der Waals surface area contributed by atoms with Crippen LogP contribution in [0.3, 0.4) is 0 Å². The molecule has 2 atom stereocenters. The smallest absolute Gasteiger partial charge is 0.326 e. The van der Waals surface area contributed by atoms with Crippen LogP contribution in [-0.2, 0) is 14.4 Å². The van der Waals surface area contributed by atoms with Crippen LogP contribution in [0.15, 0.2) is 34.6 Å². The molecule has 4 N–H and O–H groups in total. The van der Waals surface area contributed by atoms with Gasteiger partial charge < -0.3 is 20.8 Å². The maximum absolute atomic E-state index is 12.6. The van der Waals surface area contributed by atoms with E-state index in [-0.39, 0.29) is 17.4 Å². The zero-order valence-corrected chi connectivity index (χ0v) is 18.4. The van der Waals surface area contributed by atoms with E-state index in [1.165, 1.54) is 30.0 Å². The van der Waals surface area contributed by atoms with Crippen LogP contribution in [0.2, 0.25) is 0 Å². The highest BCUT2D eigenvalue weighted by atomic mass is 32.2. The Hall–Kier alpha value is -2.26. The summed E-state index contributed by atoms with van der Waals surface area (Å²) in [5.74, 6) is -1.59. The number of rotatable bonds is 12. The standard InChI is InChI=1S/C20H28N2O5S2/c1-4-6-8-14(20(26)27)22-19(25)15(21-13(3)23)12-28-18-11-10-17(29-18)16(24)9-7-5-2/h5,7,9-11,14-15,24H,4,6,8,12H2,1-3H3,(H,21,23)(H,22,25)(H,26,27)/b7-5-,16-9-. The van der Waals surface area contributed by atoms with E-state index in [1.54, 1.807) is 24.3 Å². The van der Waals surface area contributed by atoms with E-state index >= 15 is 0 Å². The highest BCUT2D eigenvalue weighted by Gasteiger charge is 2.26. The molecule has 0 aliphatic rings. The molecule has 1 rings (SSSR count). The summed E-state index contributed by atoms with van der Waals surface area (Å²) in [6.07, 6.45) is 6.97. The minimum Gasteiger partial charge on any atom is -0.506 e. The van der Waals surface area contributed by atoms with Crippen LogP contribution >= 0.6 is 23.1 Å². The number of thiophene rings is 1. The first kappa shape index (κ1) is 24.8. The van der Waals surface area contributed by atoms with Crippen LogP contribution in [0.4, 0.5) is 0 Å². The van der Waals surface area contributed by atoms with E-state index in [4.69, 9.17) is 0 Å². The van der Waals surface area contributed by atoms with Crippen molar-refractivity contribution >= 4 is 46.6 Å². The van der Waals surface area contributed by atoms with Gasteiger partial charge in [0.25, 0.3) is 0 Å². The zero-order valence-electron chi connectivity index (χ0n) is 16.8. The summed E-state index contributed by atoms with van der Waals surface area (Å²) in [7, 11) is 0. The Morgan fingerprint density at radius 3 is 2.52 bits per heavy atom. The maximum atomic E-state index is 12.6. The lowest BCUT2D eigenvalue weighted by molar-refractivity contribution is -0.142. The van der Waals surface area contributed by atoms with Crippen LogP contribution in [-0.4, -0.2) is 45.8 Å². The van der Waals surface area contributed by atoms with Gasteiger partial charge in [0.15, 0.2) is 0 Å². The Morgan fingerprint density at radius 2 is 1.93 bits per heavy atom. The van der Waals surface area contributed by atoms with Crippen molar-refractivity contribution in [2.45, 2.75) is 56.3 Å². The van der Waals surface area contributed by atoms with Crippen molar-refractivity contribution in [2.24, 2.45) is 0 Å². The van der Waals surface area contributed by atoms with Gasteiger partial charge in [-0.05, 0) is 31.6 Å². The molecule has 0 saturated heterocycles. The number of aliphatic hydroxyl groups is 1. The maximum Gasteiger partial charge on any atom is 0.326 e. The van der Waals surface area contributed by atoms with E-state index in [9.17, 15) is 24.6 Å². The number of unbranched alkanes of at least 4 members (excludes halogenated alkanes) is 1. The minimum atomic E-state index is -1.09. The number of carboxylic acid groups (broad SMARTS) is 1. The molecule has 0 saturated carbocycles. The molecule has 0 aliphatic heterocycles. The summed E-state index contributed by atoms with van der Waals surface area (Å²) in [6.45, 7) is 5.10. The monoisotopic (exact) mass is 440 g/mol. The lowest BCUT2D eigenvalue weighted by atomic mass is 10.1. The summed E-state index contributed by atoms with van der Waals surface area (Å²) in [5.41, 5.74) is 0. The molecule has 7 nitrogen and oxygen atoms in total. The third-order valence-electron chi connectivity index (χ3n) is 3.83. The van der Waals surface area contributed by atoms with Crippen molar-refractivity contribution in [1.29, 1.82) is 0 Å². The summed E-state index contributed by atoms with van der Waals surface area (Å²) in [5, 5.41) is 24.4. The van der Waals surface area contributed by atoms with Gasteiger partial charge in [-0.3, -0.25) is 9.59 Å². The molecule has 0 bridgehead atoms. The topological polar surface area (TPSA) is 116 Å². The van der Waals surface area contributed by atoms with E-state index in [2.05, 4.69) is 10.6 Å². The Labute approximate surface area is 179 Å². The number of allylic oxidation sites excluding steroid dienone is 3. The SMILES string of the molecule is C/C=C\C=C(/O)c1ccc(SCC(NC(C)=O)C(=O)NC(CCCC)C(=O)O)s1. The second kappa shape index (κ2) is 13.1. The van der Waals surface area contributed by atoms with E-state index < -0.39 is 24.0 Å². The summed E-state index contributed by atoms with van der Waals surface area (Å²) in [6, 6.07) is 1.76. The lowest BCUT2D eigenvalue weighted by Crippen LogP contribution is -2.52. The Morgan fingerprint density at radius 1 is 1.21 bits per heavy atom. The summed E-state index contributed by atoms with van der Waals surface area (Å²) in [4.78, 5) is 36.1. The molecule has 1 heterocycles. The van der Waals surface area contributed by atoms with Gasteiger partial charge in [0.05, 0.1) is 9.09 Å². The largest absolute Gasteiger partial charge is 0.506 e. The summed E-state index contributed by atoms with van der Waals surface area (Å²) >= 11 is 2.72. The van der Waals surface area contributed by atoms with Gasteiger partial charge in [0.1, 0.15) is 17.8 Å². The molecule has 9 heteroatoms. The van der Waals surface area contributed by atoms with Crippen LogP contribution in [0.25, 0.3) is 5.76 Å². The second-order valence-electron chi connectivity index (χ2n) is 6.30. The van der Waals surface area contributed by atoms with Crippen LogP contribution in [0.1, 0.15) is 44.9 Å². The molecule has 0 spiro atoms. The molecular weight excluding hydrogens is 412 g/mol. The van der Waals surface area contributed by atoms with Crippen molar-refractivity contribution in [3.8, 4) is 0 Å². The number of aliphatic carboxylic acids is 1. The number of carbonyl (C=O) groups excluding carboxylic acids is 2. The van der Waals surface area contributed by atoms with Crippen molar-refractivity contribution in [1.82, 2.24) is 10.6 Å². The van der Waals surface area contributed by atoms with Gasteiger partial charge in [-0.25, -0.2) is 4.79 Å². The van der Waals surface area contributed by atoms with Crippen molar-refractivity contribution < 1.29 is 24.6 Å². The molecule has 160 valence electrons. The van der Waals surface area contributed by atoms with E-state index in [0.717, 1.165) is 10.6 Å². The predicted octanol–water partition coefficient (Wildman–Crippen LogP) is 3.58. The number of carbonyl (C=O) groups is 3. The fraction of sp³-hybridized carbons (Fsp3) is 0.450. The highest BCUT2D eigenvalue weighted by molar-refractivity contribution is 8.01. The number of carboxylic acids is 1. The Kier molecular flexibility index (Phi) is 11.2. The van der Waals surface area contributed by atoms with Gasteiger partial charge in [0, 0.05) is 12.7 Å². The Balaban J connectivity index is 2.78. The molecule has 2 amide bonds. The van der Waals surface area contributed by atoms with Crippen molar-refractivity contribution in [3.05, 3.63) is 35.2 Å². The first-order valence-corrected chi connectivity index (χ1v) is 11.1. The van der Waals surface area contributed by atoms with Crippen LogP contribution in [0.5, 0.6) is 0 Å². The van der Waals surface area contributed by atoms with Gasteiger partial charge >= 0.3 is 5.97 Å². The molecule has 0 aliphatic carbocycles. The molecular formula is C20H28N2O5S2. The first-order valence-electron chi connectivity index (χ1n) is 9.33. The molecule has 1 aromatic rings. The quantitative estimate of drug-likeness (QED) is 0.224. The Bertz CT molecular complexity index is 758. The number of hydrogen-bond donors (Lipinski definition) is 4.